The lowest BCUT2D eigenvalue weighted by molar-refractivity contribution is -0.167. The first-order chi connectivity index (χ1) is 38.0. The van der Waals surface area contributed by atoms with Gasteiger partial charge in [-0.3, -0.25) is 14.4 Å². The summed E-state index contributed by atoms with van der Waals surface area (Å²) >= 11 is 0. The molecule has 452 valence electrons. The highest BCUT2D eigenvalue weighted by Gasteiger charge is 2.19. The van der Waals surface area contributed by atoms with Crippen LogP contribution in [0.2, 0.25) is 0 Å². The maximum atomic E-state index is 12.9. The number of unbranched alkanes of at least 4 members (excludes halogenated alkanes) is 47. The number of hydrogen-bond donors (Lipinski definition) is 0. The number of allylic oxidation sites excluding steroid dienone is 6. The van der Waals surface area contributed by atoms with Gasteiger partial charge in [-0.2, -0.15) is 0 Å². The van der Waals surface area contributed by atoms with E-state index in [9.17, 15) is 14.4 Å². The Bertz CT molecular complexity index is 1290. The van der Waals surface area contributed by atoms with Crippen LogP contribution in [0.1, 0.15) is 380 Å². The Hall–Kier alpha value is -2.37. The fourth-order valence-electron chi connectivity index (χ4n) is 10.5. The average molecular weight is 1080 g/mol. The van der Waals surface area contributed by atoms with Crippen LogP contribution in [0.5, 0.6) is 0 Å². The van der Waals surface area contributed by atoms with Crippen molar-refractivity contribution in [1.29, 1.82) is 0 Å². The van der Waals surface area contributed by atoms with Crippen LogP contribution in [0, 0.1) is 0 Å². The van der Waals surface area contributed by atoms with Gasteiger partial charge in [0.1, 0.15) is 13.2 Å². The summed E-state index contributed by atoms with van der Waals surface area (Å²) in [6.45, 7) is 6.67. The normalized spacial score (nSPS) is 12.2. The molecule has 0 rings (SSSR count). The summed E-state index contributed by atoms with van der Waals surface area (Å²) in [4.78, 5) is 38.3. The van der Waals surface area contributed by atoms with Crippen LogP contribution < -0.4 is 0 Å². The van der Waals surface area contributed by atoms with Gasteiger partial charge in [-0.05, 0) is 57.8 Å². The minimum Gasteiger partial charge on any atom is -0.462 e. The lowest BCUT2D eigenvalue weighted by atomic mass is 10.0. The average Bonchev–Trinajstić information content (AvgIpc) is 3.43. The predicted octanol–water partition coefficient (Wildman–Crippen LogP) is 23.6. The number of ether oxygens (including phenoxy) is 3. The summed E-state index contributed by atoms with van der Waals surface area (Å²) in [6.07, 6.45) is 81.7. The highest BCUT2D eigenvalue weighted by Crippen LogP contribution is 2.18. The molecule has 0 aliphatic heterocycles. The number of hydrogen-bond acceptors (Lipinski definition) is 6. The molecule has 0 amide bonds. The lowest BCUT2D eigenvalue weighted by Gasteiger charge is -2.18. The summed E-state index contributed by atoms with van der Waals surface area (Å²) in [5.41, 5.74) is 0. The van der Waals surface area contributed by atoms with E-state index >= 15 is 0 Å². The molecule has 1 unspecified atom stereocenters. The molecule has 0 aromatic heterocycles. The molecule has 77 heavy (non-hydrogen) atoms. The zero-order chi connectivity index (χ0) is 55.7. The summed E-state index contributed by atoms with van der Waals surface area (Å²) in [5.74, 6) is -0.859. The van der Waals surface area contributed by atoms with Gasteiger partial charge < -0.3 is 14.2 Å². The van der Waals surface area contributed by atoms with Crippen molar-refractivity contribution < 1.29 is 28.6 Å². The number of esters is 3. The maximum Gasteiger partial charge on any atom is 0.306 e. The molecular formula is C71H132O6. The van der Waals surface area contributed by atoms with Gasteiger partial charge >= 0.3 is 17.9 Å². The van der Waals surface area contributed by atoms with E-state index in [0.29, 0.717) is 19.3 Å². The Morgan fingerprint density at radius 2 is 0.468 bits per heavy atom. The highest BCUT2D eigenvalue weighted by atomic mass is 16.6. The van der Waals surface area contributed by atoms with Gasteiger partial charge in [0.15, 0.2) is 6.10 Å². The molecule has 0 heterocycles. The van der Waals surface area contributed by atoms with Gasteiger partial charge in [0, 0.05) is 19.3 Å². The quantitative estimate of drug-likeness (QED) is 0.0261. The van der Waals surface area contributed by atoms with Gasteiger partial charge in [0.05, 0.1) is 0 Å². The van der Waals surface area contributed by atoms with Gasteiger partial charge in [-0.25, -0.2) is 0 Å². The third-order valence-corrected chi connectivity index (χ3v) is 15.6. The van der Waals surface area contributed by atoms with Crippen molar-refractivity contribution in [3.8, 4) is 0 Å². The Labute approximate surface area is 480 Å². The molecule has 6 heteroatoms. The van der Waals surface area contributed by atoms with Crippen LogP contribution in [0.4, 0.5) is 0 Å². The van der Waals surface area contributed by atoms with E-state index in [1.807, 2.05) is 0 Å². The molecule has 0 saturated heterocycles. The molecular weight excluding hydrogens is 949 g/mol. The first kappa shape index (κ1) is 74.6. The second kappa shape index (κ2) is 66.1. The summed E-state index contributed by atoms with van der Waals surface area (Å²) in [6, 6.07) is 0. The molecule has 6 nitrogen and oxygen atoms in total. The molecule has 0 N–H and O–H groups in total. The molecule has 0 radical (unpaired) electrons. The van der Waals surface area contributed by atoms with Crippen LogP contribution in [-0.2, 0) is 28.6 Å². The first-order valence-corrected chi connectivity index (χ1v) is 34.5. The molecule has 0 aliphatic carbocycles. The predicted molar refractivity (Wildman–Crippen MR) is 335 cm³/mol. The standard InChI is InChI=1S/C71H132O6/c1-4-7-10-13-16-19-22-25-27-29-31-32-33-34-35-36-37-38-39-41-42-44-46-49-52-55-58-61-64-70(73)76-67-68(66-75-69(72)63-60-57-54-51-48-24-21-18-15-12-9-6-3)77-71(74)65-62-59-56-53-50-47-45-43-40-30-28-26-23-20-17-14-11-8-5-2/h17,20,26,28,40,43,68H,4-16,18-19,21-25,27,29-39,41-42,44-67H2,1-3H3/b20-17-,28-26-,43-40-. The number of rotatable bonds is 64. The largest absolute Gasteiger partial charge is 0.462 e. The van der Waals surface area contributed by atoms with Crippen molar-refractivity contribution in [2.75, 3.05) is 13.2 Å². The fourth-order valence-corrected chi connectivity index (χ4v) is 10.5. The maximum absolute atomic E-state index is 12.9. The van der Waals surface area contributed by atoms with E-state index in [-0.39, 0.29) is 31.1 Å². The van der Waals surface area contributed by atoms with Crippen molar-refractivity contribution in [1.82, 2.24) is 0 Å². The lowest BCUT2D eigenvalue weighted by Crippen LogP contribution is -2.30. The zero-order valence-corrected chi connectivity index (χ0v) is 52.0. The summed E-state index contributed by atoms with van der Waals surface area (Å²) < 4.78 is 16.9. The molecule has 0 saturated carbocycles. The van der Waals surface area contributed by atoms with Crippen LogP contribution in [0.3, 0.4) is 0 Å². The van der Waals surface area contributed by atoms with Crippen molar-refractivity contribution in [2.24, 2.45) is 0 Å². The topological polar surface area (TPSA) is 78.9 Å². The van der Waals surface area contributed by atoms with Crippen LogP contribution >= 0.6 is 0 Å². The van der Waals surface area contributed by atoms with Gasteiger partial charge in [-0.1, -0.05) is 340 Å². The smallest absolute Gasteiger partial charge is 0.306 e. The number of carbonyl (C=O) groups excluding carboxylic acids is 3. The summed E-state index contributed by atoms with van der Waals surface area (Å²) in [7, 11) is 0. The van der Waals surface area contributed by atoms with Gasteiger partial charge in [-0.15, -0.1) is 0 Å². The van der Waals surface area contributed by atoms with Crippen LogP contribution in [0.15, 0.2) is 36.5 Å². The van der Waals surface area contributed by atoms with Crippen molar-refractivity contribution in [3.63, 3.8) is 0 Å². The van der Waals surface area contributed by atoms with Crippen molar-refractivity contribution >= 4 is 17.9 Å². The molecule has 0 aromatic rings. The Morgan fingerprint density at radius 3 is 0.753 bits per heavy atom. The first-order valence-electron chi connectivity index (χ1n) is 34.5. The Morgan fingerprint density at radius 1 is 0.260 bits per heavy atom. The minimum absolute atomic E-state index is 0.0722. The molecule has 1 atom stereocenters. The molecule has 0 spiro atoms. The van der Waals surface area contributed by atoms with E-state index in [2.05, 4.69) is 57.2 Å². The molecule has 0 bridgehead atoms. The van der Waals surface area contributed by atoms with E-state index in [4.69, 9.17) is 14.2 Å². The third kappa shape index (κ3) is 64.3. The zero-order valence-electron chi connectivity index (χ0n) is 52.0. The van der Waals surface area contributed by atoms with Crippen LogP contribution in [0.25, 0.3) is 0 Å². The molecule has 0 aliphatic rings. The van der Waals surface area contributed by atoms with E-state index in [1.54, 1.807) is 0 Å². The number of carbonyl (C=O) groups is 3. The van der Waals surface area contributed by atoms with Gasteiger partial charge in [0.2, 0.25) is 0 Å². The van der Waals surface area contributed by atoms with Crippen molar-refractivity contribution in [3.05, 3.63) is 36.5 Å². The monoisotopic (exact) mass is 1080 g/mol. The van der Waals surface area contributed by atoms with Crippen molar-refractivity contribution in [2.45, 2.75) is 386 Å². The summed E-state index contributed by atoms with van der Waals surface area (Å²) in [5, 5.41) is 0. The Kier molecular flexibility index (Phi) is 64.1. The second-order valence-electron chi connectivity index (χ2n) is 23.5. The third-order valence-electron chi connectivity index (χ3n) is 15.6. The SMILES string of the molecule is CCCCC/C=C\C/C=C\C/C=C\CCCCCCCCC(=O)OC(COC(=O)CCCCCCCCCCCCCC)COC(=O)CCCCCCCCCCCCCCCCCCCCCCCCCCCCCC. The van der Waals surface area contributed by atoms with E-state index < -0.39 is 6.10 Å². The molecule has 0 aromatic carbocycles. The Balaban J connectivity index is 4.18. The highest BCUT2D eigenvalue weighted by molar-refractivity contribution is 5.71. The van der Waals surface area contributed by atoms with E-state index in [0.717, 1.165) is 77.0 Å². The van der Waals surface area contributed by atoms with Gasteiger partial charge in [0.25, 0.3) is 0 Å². The molecule has 0 fully saturated rings. The van der Waals surface area contributed by atoms with Crippen LogP contribution in [-0.4, -0.2) is 37.2 Å². The second-order valence-corrected chi connectivity index (χ2v) is 23.5. The fraction of sp³-hybridized carbons (Fsp3) is 0.873. The van der Waals surface area contributed by atoms with E-state index in [1.165, 1.54) is 263 Å². The minimum atomic E-state index is -0.776.